The summed E-state index contributed by atoms with van der Waals surface area (Å²) in [6.07, 6.45) is -1.04. The maximum atomic E-state index is 15.2. The summed E-state index contributed by atoms with van der Waals surface area (Å²) in [4.78, 5) is -0.503. The van der Waals surface area contributed by atoms with E-state index >= 15 is 4.39 Å². The van der Waals surface area contributed by atoms with Crippen LogP contribution in [0.2, 0.25) is 0 Å². The molecule has 27 heavy (non-hydrogen) atoms. The van der Waals surface area contributed by atoms with E-state index < -0.39 is 66.7 Å². The van der Waals surface area contributed by atoms with Gasteiger partial charge in [-0.05, 0) is 0 Å². The van der Waals surface area contributed by atoms with Crippen LogP contribution < -0.4 is 0 Å². The Balaban J connectivity index is 2.57. The van der Waals surface area contributed by atoms with Crippen LogP contribution in [-0.4, -0.2) is 33.8 Å². The van der Waals surface area contributed by atoms with Gasteiger partial charge in [0.25, 0.3) is 0 Å². The molecule has 12 heteroatoms. The topological polar surface area (TPSA) is 43.4 Å². The van der Waals surface area contributed by atoms with Gasteiger partial charge in [0.05, 0.1) is 0 Å². The molecule has 154 valence electrons. The molecular weight excluding hydrogens is 520 g/mol. The van der Waals surface area contributed by atoms with Gasteiger partial charge in [0.2, 0.25) is 0 Å². The summed E-state index contributed by atoms with van der Waals surface area (Å²) in [5.74, 6) is -17.2. The van der Waals surface area contributed by atoms with Gasteiger partial charge in [-0.1, -0.05) is 0 Å². The van der Waals surface area contributed by atoms with E-state index in [1.54, 1.807) is 0 Å². The van der Waals surface area contributed by atoms with Gasteiger partial charge >= 0.3 is 159 Å². The molecule has 0 saturated heterocycles. The Morgan fingerprint density at radius 3 is 1.89 bits per heavy atom. The Kier molecular flexibility index (Phi) is 5.70. The van der Waals surface area contributed by atoms with Crippen LogP contribution in [0.5, 0.6) is 0 Å². The average molecular weight is 534 g/mol. The minimum absolute atomic E-state index is 0.379. The molecule has 0 radical (unpaired) electrons. The zero-order valence-electron chi connectivity index (χ0n) is 13.8. The fraction of sp³-hybridized carbons (Fsp3) is 0.467. The van der Waals surface area contributed by atoms with Crippen LogP contribution in [0.25, 0.3) is 0 Å². The molecule has 2 rings (SSSR count). The summed E-state index contributed by atoms with van der Waals surface area (Å²) in [7, 11) is -4.78. The first-order chi connectivity index (χ1) is 12.1. The zero-order valence-corrected chi connectivity index (χ0v) is 16.7. The van der Waals surface area contributed by atoms with E-state index in [-0.39, 0.29) is 6.08 Å². The van der Waals surface area contributed by atoms with E-state index in [0.717, 1.165) is 26.0 Å². The summed E-state index contributed by atoms with van der Waals surface area (Å²) in [5, 5.41) is 0. The Morgan fingerprint density at radius 2 is 1.41 bits per heavy atom. The van der Waals surface area contributed by atoms with Crippen LogP contribution in [0.1, 0.15) is 13.8 Å². The minimum atomic E-state index is -6.06. The second-order valence-corrected chi connectivity index (χ2v) is 14.1. The fourth-order valence-corrected chi connectivity index (χ4v) is 10.7. The first-order valence-electron chi connectivity index (χ1n) is 7.31. The summed E-state index contributed by atoms with van der Waals surface area (Å²) in [5.41, 5.74) is 0. The maximum absolute atomic E-state index is 15.2. The standard InChI is InChI=1S/C15H14F7IO3S/c1-10(2)23(26-27(24,25)11-6-4-3-5-7-11)13(18)9-8-12(16,17)14(19,20)15(13,21)22/h3-10H,1-2H3. The first-order valence-corrected chi connectivity index (χ1v) is 11.9. The summed E-state index contributed by atoms with van der Waals surface area (Å²) in [6, 6.07) is 6.06. The van der Waals surface area contributed by atoms with Crippen molar-refractivity contribution in [1.82, 2.24) is 0 Å². The second-order valence-electron chi connectivity index (χ2n) is 5.85. The van der Waals surface area contributed by atoms with Gasteiger partial charge in [-0.2, -0.15) is 0 Å². The van der Waals surface area contributed by atoms with E-state index in [4.69, 9.17) is 0 Å². The van der Waals surface area contributed by atoms with Crippen molar-refractivity contribution in [3.05, 3.63) is 42.5 Å². The molecule has 1 aromatic carbocycles. The van der Waals surface area contributed by atoms with Crippen LogP contribution in [0.4, 0.5) is 30.7 Å². The van der Waals surface area contributed by atoms with E-state index in [1.807, 2.05) is 0 Å². The van der Waals surface area contributed by atoms with Crippen molar-refractivity contribution in [3.8, 4) is 0 Å². The van der Waals surface area contributed by atoms with Crippen molar-refractivity contribution in [2.45, 2.75) is 44.1 Å². The number of halogens is 8. The van der Waals surface area contributed by atoms with Crippen molar-refractivity contribution in [1.29, 1.82) is 0 Å². The van der Waals surface area contributed by atoms with Crippen molar-refractivity contribution in [2.75, 3.05) is 0 Å². The predicted molar refractivity (Wildman–Crippen MR) is 91.7 cm³/mol. The molecule has 1 aromatic rings. The third-order valence-electron chi connectivity index (χ3n) is 3.58. The number of hydrogen-bond donors (Lipinski definition) is 0. The van der Waals surface area contributed by atoms with Gasteiger partial charge in [0, 0.05) is 0 Å². The van der Waals surface area contributed by atoms with Gasteiger partial charge < -0.3 is 0 Å². The molecular formula is C15H14F7IO3S. The molecule has 3 nitrogen and oxygen atoms in total. The fourth-order valence-electron chi connectivity index (χ4n) is 2.17. The van der Waals surface area contributed by atoms with Gasteiger partial charge in [0.15, 0.2) is 0 Å². The van der Waals surface area contributed by atoms with Gasteiger partial charge in [-0.3, -0.25) is 0 Å². The summed E-state index contributed by atoms with van der Waals surface area (Å²) >= 11 is -4.69. The zero-order chi connectivity index (χ0) is 20.9. The van der Waals surface area contributed by atoms with Crippen molar-refractivity contribution in [3.63, 3.8) is 0 Å². The molecule has 1 atom stereocenters. The molecule has 0 N–H and O–H groups in total. The average Bonchev–Trinajstić information content (AvgIpc) is 2.56. The van der Waals surface area contributed by atoms with Crippen molar-refractivity contribution in [2.24, 2.45) is 0 Å². The predicted octanol–water partition coefficient (Wildman–Crippen LogP) is 5.36. The van der Waals surface area contributed by atoms with Crippen LogP contribution in [0, 0.1) is 0 Å². The van der Waals surface area contributed by atoms with Crippen LogP contribution in [-0.2, 0) is 12.6 Å². The number of hydrogen-bond acceptors (Lipinski definition) is 3. The van der Waals surface area contributed by atoms with Crippen molar-refractivity contribution < 1.29 is 41.7 Å². The SMILES string of the molecule is CC(C)I(OS(=O)(=O)c1ccccc1)C1(F)C=CC(F)(F)C(F)(F)C1(F)F. The number of alkyl halides is 9. The monoisotopic (exact) mass is 534 g/mol. The third-order valence-corrected chi connectivity index (χ3v) is 12.2. The summed E-state index contributed by atoms with van der Waals surface area (Å²) in [6.45, 7) is 2.20. The van der Waals surface area contributed by atoms with E-state index in [1.165, 1.54) is 18.2 Å². The quantitative estimate of drug-likeness (QED) is 0.221. The number of allylic oxidation sites excluding steroid dienone is 2. The number of rotatable bonds is 5. The van der Waals surface area contributed by atoms with Crippen molar-refractivity contribution >= 4 is 30.4 Å². The molecule has 0 spiro atoms. The summed E-state index contributed by atoms with van der Waals surface area (Å²) < 4.78 is 121. The number of benzene rings is 1. The van der Waals surface area contributed by atoms with Crippen LogP contribution in [0.15, 0.2) is 47.4 Å². The Labute approximate surface area is 158 Å². The van der Waals surface area contributed by atoms with Crippen LogP contribution >= 0.6 is 20.2 Å². The Hall–Kier alpha value is -0.890. The van der Waals surface area contributed by atoms with Gasteiger partial charge in [0.1, 0.15) is 0 Å². The van der Waals surface area contributed by atoms with Gasteiger partial charge in [-0.15, -0.1) is 0 Å². The molecule has 0 aromatic heterocycles. The Morgan fingerprint density at radius 1 is 0.889 bits per heavy atom. The molecule has 1 aliphatic rings. The van der Waals surface area contributed by atoms with E-state index in [2.05, 4.69) is 2.51 Å². The Bertz CT molecular complexity index is 827. The van der Waals surface area contributed by atoms with E-state index in [9.17, 15) is 34.8 Å². The molecule has 0 fully saturated rings. The molecule has 0 bridgehead atoms. The molecule has 1 aliphatic carbocycles. The molecule has 0 saturated carbocycles. The van der Waals surface area contributed by atoms with Crippen LogP contribution in [0.3, 0.4) is 0 Å². The normalized spacial score (nSPS) is 26.8. The molecule has 1 unspecified atom stereocenters. The molecule has 0 aliphatic heterocycles. The molecule has 0 amide bonds. The van der Waals surface area contributed by atoms with E-state index in [0.29, 0.717) is 0 Å². The first kappa shape index (κ1) is 22.4. The third kappa shape index (κ3) is 3.48. The van der Waals surface area contributed by atoms with Gasteiger partial charge in [-0.25, -0.2) is 0 Å². The second kappa shape index (κ2) is 6.87. The molecule has 0 heterocycles.